The number of rotatable bonds is 5. The first-order chi connectivity index (χ1) is 6.74. The Bertz CT molecular complexity index is 295. The second-order valence-corrected chi connectivity index (χ2v) is 3.05. The molecule has 0 aromatic carbocycles. The highest BCUT2D eigenvalue weighted by atomic mass is 16.1. The molecule has 14 heavy (non-hydrogen) atoms. The van der Waals surface area contributed by atoms with Crippen LogP contribution in [0.4, 0.5) is 0 Å². The zero-order chi connectivity index (χ0) is 10.4. The Balaban J connectivity index is 2.29. The predicted molar refractivity (Wildman–Crippen MR) is 54.2 cm³/mol. The fourth-order valence-electron chi connectivity index (χ4n) is 1.07. The maximum atomic E-state index is 11.4. The molecule has 1 aromatic heterocycles. The number of carbonyl (C=O) groups is 1. The second kappa shape index (κ2) is 5.39. The summed E-state index contributed by atoms with van der Waals surface area (Å²) in [6, 6.07) is 1.72. The van der Waals surface area contributed by atoms with E-state index in [1.165, 1.54) is 0 Å². The van der Waals surface area contributed by atoms with Crippen molar-refractivity contribution in [1.82, 2.24) is 20.8 Å². The Morgan fingerprint density at radius 3 is 2.93 bits per heavy atom. The molecule has 3 N–H and O–H groups in total. The van der Waals surface area contributed by atoms with E-state index in [4.69, 9.17) is 0 Å². The van der Waals surface area contributed by atoms with Crippen LogP contribution in [0.5, 0.6) is 0 Å². The lowest BCUT2D eigenvalue weighted by Gasteiger charge is -2.02. The van der Waals surface area contributed by atoms with Gasteiger partial charge in [-0.2, -0.15) is 5.10 Å². The van der Waals surface area contributed by atoms with Gasteiger partial charge in [-0.15, -0.1) is 0 Å². The third kappa shape index (κ3) is 3.18. The van der Waals surface area contributed by atoms with Crippen molar-refractivity contribution in [2.45, 2.75) is 13.8 Å². The van der Waals surface area contributed by atoms with Crippen LogP contribution in [0.15, 0.2) is 6.07 Å². The molecule has 0 aliphatic rings. The summed E-state index contributed by atoms with van der Waals surface area (Å²) in [5.74, 6) is -0.132. The van der Waals surface area contributed by atoms with Crippen LogP contribution >= 0.6 is 0 Å². The van der Waals surface area contributed by atoms with Crippen LogP contribution in [0.1, 0.15) is 23.1 Å². The van der Waals surface area contributed by atoms with Crippen LogP contribution in [0.3, 0.4) is 0 Å². The minimum Gasteiger partial charge on any atom is -0.349 e. The molecule has 1 aromatic rings. The van der Waals surface area contributed by atoms with E-state index in [0.29, 0.717) is 12.2 Å². The Hall–Kier alpha value is -1.36. The van der Waals surface area contributed by atoms with Crippen molar-refractivity contribution in [2.24, 2.45) is 0 Å². The van der Waals surface area contributed by atoms with E-state index in [-0.39, 0.29) is 5.91 Å². The van der Waals surface area contributed by atoms with Gasteiger partial charge in [-0.25, -0.2) is 0 Å². The summed E-state index contributed by atoms with van der Waals surface area (Å²) in [6.45, 7) is 6.21. The Morgan fingerprint density at radius 2 is 2.36 bits per heavy atom. The average molecular weight is 196 g/mol. The van der Waals surface area contributed by atoms with Crippen molar-refractivity contribution < 1.29 is 4.79 Å². The molecule has 0 atom stereocenters. The first kappa shape index (κ1) is 10.7. The maximum absolute atomic E-state index is 11.4. The first-order valence-electron chi connectivity index (χ1n) is 4.75. The van der Waals surface area contributed by atoms with Crippen LogP contribution in [0.25, 0.3) is 0 Å². The predicted octanol–water partition coefficient (Wildman–Crippen LogP) is 0.0574. The molecule has 0 aliphatic carbocycles. The average Bonchev–Trinajstić information content (AvgIpc) is 2.59. The Labute approximate surface area is 83.3 Å². The van der Waals surface area contributed by atoms with Crippen molar-refractivity contribution in [2.75, 3.05) is 19.6 Å². The SMILES string of the molecule is CCNCCNC(=O)c1cc(C)[nH]n1. The lowest BCUT2D eigenvalue weighted by molar-refractivity contribution is 0.0949. The van der Waals surface area contributed by atoms with Crippen molar-refractivity contribution in [3.8, 4) is 0 Å². The lowest BCUT2D eigenvalue weighted by atomic mass is 10.3. The number of nitrogens with zero attached hydrogens (tertiary/aromatic N) is 1. The summed E-state index contributed by atoms with van der Waals surface area (Å²) in [4.78, 5) is 11.4. The van der Waals surface area contributed by atoms with Gasteiger partial charge in [0.25, 0.3) is 5.91 Å². The summed E-state index contributed by atoms with van der Waals surface area (Å²) in [7, 11) is 0. The van der Waals surface area contributed by atoms with Crippen molar-refractivity contribution in [3.05, 3.63) is 17.5 Å². The minimum absolute atomic E-state index is 0.132. The molecule has 1 rings (SSSR count). The molecule has 5 nitrogen and oxygen atoms in total. The van der Waals surface area contributed by atoms with Crippen LogP contribution in [0, 0.1) is 6.92 Å². The molecule has 0 radical (unpaired) electrons. The monoisotopic (exact) mass is 196 g/mol. The van der Waals surface area contributed by atoms with E-state index in [0.717, 1.165) is 18.8 Å². The third-order valence-electron chi connectivity index (χ3n) is 1.78. The van der Waals surface area contributed by atoms with Crippen molar-refractivity contribution in [1.29, 1.82) is 0 Å². The molecular weight excluding hydrogens is 180 g/mol. The zero-order valence-corrected chi connectivity index (χ0v) is 8.55. The van der Waals surface area contributed by atoms with Gasteiger partial charge in [-0.05, 0) is 19.5 Å². The van der Waals surface area contributed by atoms with E-state index in [2.05, 4.69) is 20.8 Å². The van der Waals surface area contributed by atoms with Gasteiger partial charge in [0.2, 0.25) is 0 Å². The molecule has 0 spiro atoms. The molecule has 5 heteroatoms. The molecule has 1 heterocycles. The molecular formula is C9H16N4O. The molecule has 0 unspecified atom stereocenters. The molecule has 0 saturated carbocycles. The molecule has 0 bridgehead atoms. The van der Waals surface area contributed by atoms with Gasteiger partial charge in [0, 0.05) is 18.8 Å². The van der Waals surface area contributed by atoms with Gasteiger partial charge < -0.3 is 10.6 Å². The van der Waals surface area contributed by atoms with E-state index in [1.54, 1.807) is 6.07 Å². The van der Waals surface area contributed by atoms with Gasteiger partial charge in [0.15, 0.2) is 0 Å². The highest BCUT2D eigenvalue weighted by molar-refractivity contribution is 5.92. The van der Waals surface area contributed by atoms with Gasteiger partial charge in [0.05, 0.1) is 0 Å². The topological polar surface area (TPSA) is 69.8 Å². The largest absolute Gasteiger partial charge is 0.349 e. The number of aromatic nitrogens is 2. The summed E-state index contributed by atoms with van der Waals surface area (Å²) in [6.07, 6.45) is 0. The van der Waals surface area contributed by atoms with Crippen molar-refractivity contribution >= 4 is 5.91 Å². The number of nitrogens with one attached hydrogen (secondary N) is 3. The summed E-state index contributed by atoms with van der Waals surface area (Å²) < 4.78 is 0. The van der Waals surface area contributed by atoms with Crippen molar-refractivity contribution in [3.63, 3.8) is 0 Å². The van der Waals surface area contributed by atoms with Gasteiger partial charge in [-0.1, -0.05) is 6.92 Å². The fourth-order valence-corrected chi connectivity index (χ4v) is 1.07. The third-order valence-corrected chi connectivity index (χ3v) is 1.78. The number of hydrogen-bond donors (Lipinski definition) is 3. The summed E-state index contributed by atoms with van der Waals surface area (Å²) in [5, 5.41) is 12.5. The van der Waals surface area contributed by atoms with E-state index in [1.807, 2.05) is 13.8 Å². The van der Waals surface area contributed by atoms with Gasteiger partial charge in [0.1, 0.15) is 5.69 Å². The lowest BCUT2D eigenvalue weighted by Crippen LogP contribution is -2.31. The quantitative estimate of drug-likeness (QED) is 0.583. The Morgan fingerprint density at radius 1 is 1.57 bits per heavy atom. The van der Waals surface area contributed by atoms with E-state index < -0.39 is 0 Å². The van der Waals surface area contributed by atoms with Crippen LogP contribution in [-0.4, -0.2) is 35.7 Å². The highest BCUT2D eigenvalue weighted by Crippen LogP contribution is 1.96. The minimum atomic E-state index is -0.132. The Kier molecular flexibility index (Phi) is 4.12. The first-order valence-corrected chi connectivity index (χ1v) is 4.75. The molecule has 78 valence electrons. The van der Waals surface area contributed by atoms with Crippen LogP contribution in [0.2, 0.25) is 0 Å². The number of carbonyl (C=O) groups excluding carboxylic acids is 1. The van der Waals surface area contributed by atoms with Crippen LogP contribution in [-0.2, 0) is 0 Å². The number of hydrogen-bond acceptors (Lipinski definition) is 3. The van der Waals surface area contributed by atoms with Crippen LogP contribution < -0.4 is 10.6 Å². The molecule has 0 saturated heterocycles. The number of aryl methyl sites for hydroxylation is 1. The maximum Gasteiger partial charge on any atom is 0.271 e. The number of amides is 1. The zero-order valence-electron chi connectivity index (χ0n) is 8.55. The standard InChI is InChI=1S/C9H16N4O/c1-3-10-4-5-11-9(14)8-6-7(2)12-13-8/h6,10H,3-5H2,1-2H3,(H,11,14)(H,12,13). The molecule has 0 fully saturated rings. The second-order valence-electron chi connectivity index (χ2n) is 3.05. The number of aromatic amines is 1. The summed E-state index contributed by atoms with van der Waals surface area (Å²) in [5.41, 5.74) is 1.33. The van der Waals surface area contributed by atoms with Gasteiger partial charge in [-0.3, -0.25) is 9.89 Å². The normalized spacial score (nSPS) is 10.1. The number of H-pyrrole nitrogens is 1. The number of likely N-dealkylation sites (N-methyl/N-ethyl adjacent to an activating group) is 1. The smallest absolute Gasteiger partial charge is 0.271 e. The van der Waals surface area contributed by atoms with Gasteiger partial charge >= 0.3 is 0 Å². The molecule has 0 aliphatic heterocycles. The fraction of sp³-hybridized carbons (Fsp3) is 0.556. The molecule has 1 amide bonds. The van der Waals surface area contributed by atoms with E-state index in [9.17, 15) is 4.79 Å². The summed E-state index contributed by atoms with van der Waals surface area (Å²) >= 11 is 0. The highest BCUT2D eigenvalue weighted by Gasteiger charge is 2.07. The van der Waals surface area contributed by atoms with E-state index >= 15 is 0 Å².